The molecule has 0 aliphatic rings. The number of hydrogen-bond acceptors (Lipinski definition) is 5. The van der Waals surface area contributed by atoms with Gasteiger partial charge in [0, 0.05) is 11.3 Å². The van der Waals surface area contributed by atoms with Crippen molar-refractivity contribution in [1.82, 2.24) is 0 Å². The van der Waals surface area contributed by atoms with Gasteiger partial charge in [-0.2, -0.15) is 0 Å². The van der Waals surface area contributed by atoms with Crippen molar-refractivity contribution in [2.75, 3.05) is 30.5 Å². The highest BCUT2D eigenvalue weighted by Gasteiger charge is 2.09. The highest BCUT2D eigenvalue weighted by Crippen LogP contribution is 2.17. The first-order valence-corrected chi connectivity index (χ1v) is 9.05. The number of ketones is 1. The summed E-state index contributed by atoms with van der Waals surface area (Å²) in [5, 5.41) is 2.80. The molecule has 1 N–H and O–H groups in total. The molecule has 0 radical (unpaired) electrons. The van der Waals surface area contributed by atoms with Crippen LogP contribution in [0.4, 0.5) is 5.69 Å². The maximum Gasteiger partial charge on any atom is 0.234 e. The van der Waals surface area contributed by atoms with Crippen molar-refractivity contribution in [3.63, 3.8) is 0 Å². The molecule has 5 nitrogen and oxygen atoms in total. The van der Waals surface area contributed by atoms with Gasteiger partial charge in [-0.05, 0) is 55.5 Å². The predicted molar refractivity (Wildman–Crippen MR) is 101 cm³/mol. The van der Waals surface area contributed by atoms with E-state index in [-0.39, 0.29) is 23.2 Å². The van der Waals surface area contributed by atoms with Crippen molar-refractivity contribution in [2.24, 2.45) is 0 Å². The summed E-state index contributed by atoms with van der Waals surface area (Å²) in [6, 6.07) is 14.1. The van der Waals surface area contributed by atoms with Crippen molar-refractivity contribution in [3.05, 3.63) is 54.1 Å². The number of nitrogens with one attached hydrogen (secondary N) is 1. The average Bonchev–Trinajstić information content (AvgIpc) is 2.63. The number of ether oxygens (including phenoxy) is 2. The van der Waals surface area contributed by atoms with Crippen LogP contribution in [0.15, 0.2) is 48.5 Å². The van der Waals surface area contributed by atoms with Gasteiger partial charge in [0.1, 0.15) is 11.5 Å². The van der Waals surface area contributed by atoms with Gasteiger partial charge in [0.05, 0.1) is 25.2 Å². The fourth-order valence-corrected chi connectivity index (χ4v) is 2.81. The molecule has 0 heterocycles. The first-order chi connectivity index (χ1) is 12.1. The number of carbonyl (C=O) groups is 2. The molecule has 0 aromatic heterocycles. The number of benzene rings is 2. The zero-order valence-corrected chi connectivity index (χ0v) is 15.1. The average molecular weight is 359 g/mol. The summed E-state index contributed by atoms with van der Waals surface area (Å²) in [4.78, 5) is 24.0. The maximum absolute atomic E-state index is 12.1. The van der Waals surface area contributed by atoms with E-state index in [0.717, 1.165) is 5.75 Å². The Labute approximate surface area is 151 Å². The van der Waals surface area contributed by atoms with E-state index in [1.165, 1.54) is 11.8 Å². The van der Waals surface area contributed by atoms with Crippen LogP contribution in [0.5, 0.6) is 11.5 Å². The summed E-state index contributed by atoms with van der Waals surface area (Å²) in [5.41, 5.74) is 1.32. The topological polar surface area (TPSA) is 64.6 Å². The summed E-state index contributed by atoms with van der Waals surface area (Å²) in [7, 11) is 1.58. The zero-order valence-electron chi connectivity index (χ0n) is 14.3. The van der Waals surface area contributed by atoms with E-state index in [1.54, 1.807) is 55.6 Å². The number of anilines is 1. The quantitative estimate of drug-likeness (QED) is 0.693. The standard InChI is InChI=1S/C19H21NO4S/c1-3-24-17-10-6-15(7-11-17)20-19(22)13-25-12-18(21)14-4-8-16(23-2)9-5-14/h4-11H,3,12-13H2,1-2H3,(H,20,22). The number of methoxy groups -OCH3 is 1. The molecule has 2 rings (SSSR count). The summed E-state index contributed by atoms with van der Waals surface area (Å²) < 4.78 is 10.4. The van der Waals surface area contributed by atoms with Crippen molar-refractivity contribution in [2.45, 2.75) is 6.92 Å². The highest BCUT2D eigenvalue weighted by molar-refractivity contribution is 8.00. The Morgan fingerprint density at radius 3 is 2.20 bits per heavy atom. The Bertz CT molecular complexity index is 698. The normalized spacial score (nSPS) is 10.2. The monoisotopic (exact) mass is 359 g/mol. The Balaban J connectivity index is 1.74. The van der Waals surface area contributed by atoms with Gasteiger partial charge in [0.15, 0.2) is 5.78 Å². The molecule has 0 saturated heterocycles. The Morgan fingerprint density at radius 2 is 1.60 bits per heavy atom. The predicted octanol–water partition coefficient (Wildman–Crippen LogP) is 3.65. The number of rotatable bonds is 9. The fraction of sp³-hybridized carbons (Fsp3) is 0.263. The molecule has 0 aliphatic heterocycles. The highest BCUT2D eigenvalue weighted by atomic mass is 32.2. The minimum absolute atomic E-state index is 0.0125. The van der Waals surface area contributed by atoms with Crippen LogP contribution >= 0.6 is 11.8 Å². The Hall–Kier alpha value is -2.47. The largest absolute Gasteiger partial charge is 0.497 e. The van der Waals surface area contributed by atoms with E-state index in [2.05, 4.69) is 5.32 Å². The molecule has 25 heavy (non-hydrogen) atoms. The number of carbonyl (C=O) groups excluding carboxylic acids is 2. The van der Waals surface area contributed by atoms with Crippen molar-refractivity contribution >= 4 is 29.1 Å². The molecule has 0 unspecified atom stereocenters. The first-order valence-electron chi connectivity index (χ1n) is 7.90. The minimum atomic E-state index is -0.142. The molecule has 0 spiro atoms. The third kappa shape index (κ3) is 6.15. The molecule has 0 bridgehead atoms. The van der Waals surface area contributed by atoms with Gasteiger partial charge in [0.25, 0.3) is 0 Å². The third-order valence-electron chi connectivity index (χ3n) is 3.33. The lowest BCUT2D eigenvalue weighted by atomic mass is 10.1. The first kappa shape index (κ1) is 18.9. The van der Waals surface area contributed by atoms with Crippen LogP contribution in [0.3, 0.4) is 0 Å². The summed E-state index contributed by atoms with van der Waals surface area (Å²) >= 11 is 1.29. The van der Waals surface area contributed by atoms with Crippen LogP contribution in [0, 0.1) is 0 Å². The smallest absolute Gasteiger partial charge is 0.234 e. The molecule has 0 saturated carbocycles. The van der Waals surface area contributed by atoms with Gasteiger partial charge in [-0.15, -0.1) is 11.8 Å². The van der Waals surface area contributed by atoms with Crippen LogP contribution in [0.25, 0.3) is 0 Å². The molecule has 0 fully saturated rings. The molecule has 0 aliphatic carbocycles. The lowest BCUT2D eigenvalue weighted by molar-refractivity contribution is -0.113. The molecule has 2 aromatic rings. The van der Waals surface area contributed by atoms with E-state index in [9.17, 15) is 9.59 Å². The van der Waals surface area contributed by atoms with E-state index in [1.807, 2.05) is 6.92 Å². The summed E-state index contributed by atoms with van der Waals surface area (Å²) in [6.07, 6.45) is 0. The van der Waals surface area contributed by atoms with Gasteiger partial charge in [-0.25, -0.2) is 0 Å². The number of amides is 1. The lowest BCUT2D eigenvalue weighted by Crippen LogP contribution is -2.15. The molecule has 1 amide bonds. The van der Waals surface area contributed by atoms with Crippen LogP contribution in [-0.2, 0) is 4.79 Å². The Kier molecular flexibility index (Phi) is 7.35. The van der Waals surface area contributed by atoms with E-state index in [0.29, 0.717) is 23.6 Å². The SMILES string of the molecule is CCOc1ccc(NC(=O)CSCC(=O)c2ccc(OC)cc2)cc1. The lowest BCUT2D eigenvalue weighted by Gasteiger charge is -2.07. The summed E-state index contributed by atoms with van der Waals surface area (Å²) in [6.45, 7) is 2.52. The van der Waals surface area contributed by atoms with Gasteiger partial charge >= 0.3 is 0 Å². The molecule has 132 valence electrons. The molecule has 0 atom stereocenters. The van der Waals surface area contributed by atoms with Gasteiger partial charge < -0.3 is 14.8 Å². The molecule has 6 heteroatoms. The van der Waals surface area contributed by atoms with Crippen LogP contribution in [0.2, 0.25) is 0 Å². The van der Waals surface area contributed by atoms with Gasteiger partial charge in [0.2, 0.25) is 5.91 Å². The second kappa shape index (κ2) is 9.74. The van der Waals surface area contributed by atoms with Crippen LogP contribution in [0.1, 0.15) is 17.3 Å². The second-order valence-electron chi connectivity index (χ2n) is 5.15. The van der Waals surface area contributed by atoms with Crippen LogP contribution < -0.4 is 14.8 Å². The van der Waals surface area contributed by atoms with Crippen molar-refractivity contribution < 1.29 is 19.1 Å². The van der Waals surface area contributed by atoms with Gasteiger partial charge in [-0.3, -0.25) is 9.59 Å². The number of hydrogen-bond donors (Lipinski definition) is 1. The number of Topliss-reactive ketones (excluding diaryl/α,β-unsaturated/α-hetero) is 1. The van der Waals surface area contributed by atoms with E-state index >= 15 is 0 Å². The third-order valence-corrected chi connectivity index (χ3v) is 4.26. The zero-order chi connectivity index (χ0) is 18.1. The Morgan fingerprint density at radius 1 is 0.960 bits per heavy atom. The fourth-order valence-electron chi connectivity index (χ4n) is 2.09. The minimum Gasteiger partial charge on any atom is -0.497 e. The van der Waals surface area contributed by atoms with E-state index in [4.69, 9.17) is 9.47 Å². The van der Waals surface area contributed by atoms with E-state index < -0.39 is 0 Å². The second-order valence-corrected chi connectivity index (χ2v) is 6.14. The molecule has 2 aromatic carbocycles. The molecular formula is C19H21NO4S. The summed E-state index contributed by atoms with van der Waals surface area (Å²) in [5.74, 6) is 1.79. The van der Waals surface area contributed by atoms with Crippen molar-refractivity contribution in [3.8, 4) is 11.5 Å². The number of thioether (sulfide) groups is 1. The van der Waals surface area contributed by atoms with Crippen LogP contribution in [-0.4, -0.2) is 36.9 Å². The van der Waals surface area contributed by atoms with Gasteiger partial charge in [-0.1, -0.05) is 0 Å². The maximum atomic E-state index is 12.1. The molecular weight excluding hydrogens is 338 g/mol. The van der Waals surface area contributed by atoms with Crippen molar-refractivity contribution in [1.29, 1.82) is 0 Å².